The van der Waals surface area contributed by atoms with E-state index >= 15 is 0 Å². The van der Waals surface area contributed by atoms with Crippen molar-refractivity contribution in [2.75, 3.05) is 39.4 Å². The number of amides is 1. The number of nitrogens with one attached hydrogen (secondary N) is 1. The Morgan fingerprint density at radius 3 is 2.45 bits per heavy atom. The molecule has 1 aliphatic rings. The molecule has 0 spiro atoms. The summed E-state index contributed by atoms with van der Waals surface area (Å²) in [6, 6.07) is 14.3. The number of carbonyl (C=O) groups is 2. The van der Waals surface area contributed by atoms with Gasteiger partial charge >= 0.3 is 0 Å². The second kappa shape index (κ2) is 9.61. The summed E-state index contributed by atoms with van der Waals surface area (Å²) < 4.78 is 7.29. The van der Waals surface area contributed by atoms with E-state index in [-0.39, 0.29) is 11.7 Å². The zero-order valence-corrected chi connectivity index (χ0v) is 17.3. The molecule has 1 N–H and O–H groups in total. The molecule has 0 atom stereocenters. The van der Waals surface area contributed by atoms with E-state index in [4.69, 9.17) is 11.2 Å². The molecule has 1 amide bonds. The Bertz CT molecular complexity index is 1120. The number of fused-ring (bicyclic) bond motifs is 1. The lowest BCUT2D eigenvalue weighted by Crippen LogP contribution is -2.41. The Morgan fingerprint density at radius 2 is 1.71 bits per heavy atom. The first kappa shape index (κ1) is 20.9. The fourth-order valence-corrected chi connectivity index (χ4v) is 3.77. The van der Waals surface area contributed by atoms with Gasteiger partial charge in [-0.05, 0) is 36.4 Å². The van der Waals surface area contributed by atoms with Crippen molar-refractivity contribution in [2.24, 2.45) is 0 Å². The third-order valence-corrected chi connectivity index (χ3v) is 5.52. The van der Waals surface area contributed by atoms with Crippen LogP contribution in [-0.4, -0.2) is 60.6 Å². The largest absolute Gasteiger partial charge is 0.379 e. The number of benzene rings is 2. The van der Waals surface area contributed by atoms with Gasteiger partial charge in [0.2, 0.25) is 0 Å². The molecule has 6 heteroatoms. The average molecular weight is 415 g/mol. The summed E-state index contributed by atoms with van der Waals surface area (Å²) in [5.41, 5.74) is 2.69. The monoisotopic (exact) mass is 415 g/mol. The highest BCUT2D eigenvalue weighted by Crippen LogP contribution is 2.20. The molecular weight excluding hydrogens is 390 g/mol. The molecule has 0 saturated carbocycles. The number of ketones is 1. The summed E-state index contributed by atoms with van der Waals surface area (Å²) in [4.78, 5) is 27.5. The standard InChI is InChI=1S/C25H25N3O3/c1-2-11-28-12-9-21-18-22(7-8-23(21)28)24(29)19-3-5-20(6-4-19)25(30)26-10-13-27-14-16-31-17-15-27/h1,3-9,12,18H,10-11,13-17H2,(H,26,30). The lowest BCUT2D eigenvalue weighted by molar-refractivity contribution is 0.0383. The summed E-state index contributed by atoms with van der Waals surface area (Å²) in [7, 11) is 0. The number of rotatable bonds is 7. The van der Waals surface area contributed by atoms with E-state index < -0.39 is 0 Å². The predicted molar refractivity (Wildman–Crippen MR) is 120 cm³/mol. The van der Waals surface area contributed by atoms with Crippen LogP contribution in [0.25, 0.3) is 10.9 Å². The van der Waals surface area contributed by atoms with Gasteiger partial charge in [-0.3, -0.25) is 14.5 Å². The van der Waals surface area contributed by atoms with Crippen molar-refractivity contribution >= 4 is 22.6 Å². The van der Waals surface area contributed by atoms with E-state index in [0.29, 0.717) is 29.8 Å². The van der Waals surface area contributed by atoms with Crippen molar-refractivity contribution in [3.05, 3.63) is 71.4 Å². The molecule has 0 radical (unpaired) electrons. The van der Waals surface area contributed by atoms with E-state index in [1.165, 1.54) is 0 Å². The minimum Gasteiger partial charge on any atom is -0.379 e. The van der Waals surface area contributed by atoms with Crippen LogP contribution in [0, 0.1) is 12.3 Å². The first-order valence-corrected chi connectivity index (χ1v) is 10.4. The topological polar surface area (TPSA) is 63.6 Å². The fraction of sp³-hybridized carbons (Fsp3) is 0.280. The molecule has 6 nitrogen and oxygen atoms in total. The molecule has 1 fully saturated rings. The lowest BCUT2D eigenvalue weighted by atomic mass is 10.0. The molecule has 1 aromatic heterocycles. The second-order valence-corrected chi connectivity index (χ2v) is 7.54. The van der Waals surface area contributed by atoms with Gasteiger partial charge in [-0.25, -0.2) is 0 Å². The molecule has 2 aromatic carbocycles. The molecular formula is C25H25N3O3. The third-order valence-electron chi connectivity index (χ3n) is 5.52. The maximum absolute atomic E-state index is 12.9. The van der Waals surface area contributed by atoms with Crippen LogP contribution in [0.4, 0.5) is 0 Å². The minimum absolute atomic E-state index is 0.0779. The number of terminal acetylenes is 1. The fourth-order valence-electron chi connectivity index (χ4n) is 3.77. The van der Waals surface area contributed by atoms with Gasteiger partial charge in [0, 0.05) is 60.0 Å². The molecule has 0 unspecified atom stereocenters. The highest BCUT2D eigenvalue weighted by molar-refractivity contribution is 6.11. The molecule has 2 heterocycles. The predicted octanol–water partition coefficient (Wildman–Crippen LogP) is 2.57. The van der Waals surface area contributed by atoms with Crippen LogP contribution >= 0.6 is 0 Å². The maximum Gasteiger partial charge on any atom is 0.251 e. The lowest BCUT2D eigenvalue weighted by Gasteiger charge is -2.26. The summed E-state index contributed by atoms with van der Waals surface area (Å²) in [5.74, 6) is 2.41. The van der Waals surface area contributed by atoms with Crippen LogP contribution in [0.3, 0.4) is 0 Å². The quantitative estimate of drug-likeness (QED) is 0.476. The van der Waals surface area contributed by atoms with Crippen molar-refractivity contribution in [2.45, 2.75) is 6.54 Å². The van der Waals surface area contributed by atoms with Crippen LogP contribution < -0.4 is 5.32 Å². The Morgan fingerprint density at radius 1 is 1.00 bits per heavy atom. The van der Waals surface area contributed by atoms with Crippen LogP contribution in [0.5, 0.6) is 0 Å². The summed E-state index contributed by atoms with van der Waals surface area (Å²) in [5, 5.41) is 3.91. The van der Waals surface area contributed by atoms with E-state index in [2.05, 4.69) is 16.1 Å². The van der Waals surface area contributed by atoms with Gasteiger partial charge < -0.3 is 14.6 Å². The summed E-state index contributed by atoms with van der Waals surface area (Å²) in [6.07, 6.45) is 7.32. The van der Waals surface area contributed by atoms with Crippen molar-refractivity contribution in [3.8, 4) is 12.3 Å². The van der Waals surface area contributed by atoms with Crippen LogP contribution in [0.1, 0.15) is 26.3 Å². The number of morpholine rings is 1. The zero-order valence-electron chi connectivity index (χ0n) is 17.3. The van der Waals surface area contributed by atoms with E-state index in [9.17, 15) is 9.59 Å². The number of hydrogen-bond donors (Lipinski definition) is 1. The Kier molecular flexibility index (Phi) is 6.46. The van der Waals surface area contributed by atoms with Crippen molar-refractivity contribution in [1.82, 2.24) is 14.8 Å². The molecule has 4 rings (SSSR count). The van der Waals surface area contributed by atoms with Crippen LogP contribution in [0.2, 0.25) is 0 Å². The summed E-state index contributed by atoms with van der Waals surface area (Å²) in [6.45, 7) is 5.16. The van der Waals surface area contributed by atoms with Crippen molar-refractivity contribution in [3.63, 3.8) is 0 Å². The number of nitrogens with zero attached hydrogens (tertiary/aromatic N) is 2. The SMILES string of the molecule is C#CCn1ccc2cc(C(=O)c3ccc(C(=O)NCCN4CCOCC4)cc3)ccc21. The van der Waals surface area contributed by atoms with Crippen LogP contribution in [0.15, 0.2) is 54.7 Å². The summed E-state index contributed by atoms with van der Waals surface area (Å²) >= 11 is 0. The minimum atomic E-state index is -0.136. The van der Waals surface area contributed by atoms with Gasteiger partial charge in [0.15, 0.2) is 5.78 Å². The van der Waals surface area contributed by atoms with Gasteiger partial charge in [-0.15, -0.1) is 6.42 Å². The maximum atomic E-state index is 12.9. The Labute approximate surface area is 181 Å². The average Bonchev–Trinajstić information content (AvgIpc) is 3.21. The number of carbonyl (C=O) groups excluding carboxylic acids is 2. The number of aromatic nitrogens is 1. The van der Waals surface area contributed by atoms with Gasteiger partial charge in [0.25, 0.3) is 5.91 Å². The number of ether oxygens (including phenoxy) is 1. The first-order chi connectivity index (χ1) is 15.2. The van der Waals surface area contributed by atoms with E-state index in [1.807, 2.05) is 35.0 Å². The number of hydrogen-bond acceptors (Lipinski definition) is 4. The van der Waals surface area contributed by atoms with Gasteiger partial charge in [-0.1, -0.05) is 18.1 Å². The first-order valence-electron chi connectivity index (χ1n) is 10.4. The molecule has 0 aliphatic carbocycles. The highest BCUT2D eigenvalue weighted by atomic mass is 16.5. The van der Waals surface area contributed by atoms with Gasteiger partial charge in [-0.2, -0.15) is 0 Å². The Hall–Kier alpha value is -3.40. The smallest absolute Gasteiger partial charge is 0.251 e. The normalized spacial score (nSPS) is 14.3. The highest BCUT2D eigenvalue weighted by Gasteiger charge is 2.14. The molecule has 3 aromatic rings. The van der Waals surface area contributed by atoms with Crippen LogP contribution in [-0.2, 0) is 11.3 Å². The second-order valence-electron chi connectivity index (χ2n) is 7.54. The van der Waals surface area contributed by atoms with Gasteiger partial charge in [0.1, 0.15) is 0 Å². The van der Waals surface area contributed by atoms with Crippen molar-refractivity contribution < 1.29 is 14.3 Å². The van der Waals surface area contributed by atoms with Gasteiger partial charge in [0.05, 0.1) is 19.8 Å². The van der Waals surface area contributed by atoms with E-state index in [0.717, 1.165) is 43.8 Å². The third kappa shape index (κ3) is 4.85. The molecule has 31 heavy (non-hydrogen) atoms. The zero-order chi connectivity index (χ0) is 21.6. The molecule has 0 bridgehead atoms. The Balaban J connectivity index is 1.38. The van der Waals surface area contributed by atoms with E-state index in [1.54, 1.807) is 24.3 Å². The molecule has 1 aliphatic heterocycles. The molecule has 158 valence electrons. The van der Waals surface area contributed by atoms with Crippen molar-refractivity contribution in [1.29, 1.82) is 0 Å². The molecule has 1 saturated heterocycles.